The molecule has 5 nitrogen and oxygen atoms in total. The van der Waals surface area contributed by atoms with Crippen molar-refractivity contribution < 1.29 is 19.4 Å². The van der Waals surface area contributed by atoms with Crippen molar-refractivity contribution in [2.45, 2.75) is 19.6 Å². The predicted octanol–water partition coefficient (Wildman–Crippen LogP) is 1.83. The Morgan fingerprint density at radius 1 is 1.09 bits per heavy atom. The van der Waals surface area contributed by atoms with Crippen molar-refractivity contribution in [3.63, 3.8) is 0 Å². The van der Waals surface area contributed by atoms with Crippen LogP contribution in [0, 0.1) is 6.92 Å². The van der Waals surface area contributed by atoms with E-state index in [1.807, 2.05) is 49.4 Å². The Labute approximate surface area is 134 Å². The second-order valence-electron chi connectivity index (χ2n) is 5.19. The lowest BCUT2D eigenvalue weighted by Crippen LogP contribution is -2.37. The first kappa shape index (κ1) is 16.7. The van der Waals surface area contributed by atoms with Gasteiger partial charge >= 0.3 is 5.97 Å². The monoisotopic (exact) mass is 313 g/mol. The third kappa shape index (κ3) is 5.23. The minimum absolute atomic E-state index is 0.0860. The lowest BCUT2D eigenvalue weighted by molar-refractivity contribution is -0.154. The number of aliphatic hydroxyl groups is 1. The summed E-state index contributed by atoms with van der Waals surface area (Å²) in [6.45, 7) is 1.82. The Balaban J connectivity index is 1.77. The number of carbonyl (C=O) groups excluding carboxylic acids is 2. The van der Waals surface area contributed by atoms with E-state index in [-0.39, 0.29) is 19.1 Å². The van der Waals surface area contributed by atoms with Gasteiger partial charge in [-0.15, -0.1) is 0 Å². The highest BCUT2D eigenvalue weighted by Gasteiger charge is 2.18. The summed E-state index contributed by atoms with van der Waals surface area (Å²) in [7, 11) is 0. The Morgan fingerprint density at radius 2 is 1.74 bits per heavy atom. The van der Waals surface area contributed by atoms with Gasteiger partial charge in [0.1, 0.15) is 6.61 Å². The maximum absolute atomic E-state index is 11.9. The smallest absolute Gasteiger partial charge is 0.337 e. The third-order valence-corrected chi connectivity index (χ3v) is 3.27. The summed E-state index contributed by atoms with van der Waals surface area (Å²) < 4.78 is 5.00. The van der Waals surface area contributed by atoms with Gasteiger partial charge in [0.2, 0.25) is 0 Å². The number of carbonyl (C=O) groups is 2. The fraction of sp³-hybridized carbons (Fsp3) is 0.222. The van der Waals surface area contributed by atoms with Crippen LogP contribution in [-0.4, -0.2) is 29.6 Å². The van der Waals surface area contributed by atoms with Crippen LogP contribution in [0.25, 0.3) is 0 Å². The van der Waals surface area contributed by atoms with Crippen LogP contribution in [0.3, 0.4) is 0 Å². The molecule has 2 rings (SSSR count). The molecule has 1 unspecified atom stereocenters. The van der Waals surface area contributed by atoms with Gasteiger partial charge in [-0.2, -0.15) is 0 Å². The Kier molecular flexibility index (Phi) is 5.88. The molecule has 2 aromatic carbocycles. The molecule has 0 fully saturated rings. The predicted molar refractivity (Wildman–Crippen MR) is 85.8 cm³/mol. The second-order valence-corrected chi connectivity index (χ2v) is 5.19. The molecule has 120 valence electrons. The molecule has 0 radical (unpaired) electrons. The van der Waals surface area contributed by atoms with Crippen LogP contribution in [0.15, 0.2) is 54.6 Å². The molecule has 0 heterocycles. The maximum atomic E-state index is 11.9. The molecule has 1 amide bonds. The number of aryl methyl sites for hydroxylation is 1. The summed E-state index contributed by atoms with van der Waals surface area (Å²) in [4.78, 5) is 23.6. The van der Waals surface area contributed by atoms with Crippen LogP contribution in [0.4, 0.5) is 0 Å². The van der Waals surface area contributed by atoms with Gasteiger partial charge < -0.3 is 15.2 Å². The van der Waals surface area contributed by atoms with Gasteiger partial charge in [-0.3, -0.25) is 4.79 Å². The molecule has 0 aromatic heterocycles. The lowest BCUT2D eigenvalue weighted by Gasteiger charge is -2.12. The van der Waals surface area contributed by atoms with Crippen LogP contribution in [-0.2, 0) is 16.1 Å². The van der Waals surface area contributed by atoms with E-state index in [0.29, 0.717) is 5.56 Å². The molecule has 0 saturated carbocycles. The van der Waals surface area contributed by atoms with E-state index >= 15 is 0 Å². The molecule has 0 aliphatic carbocycles. The Bertz CT molecular complexity index is 652. The van der Waals surface area contributed by atoms with Crippen LogP contribution in [0.1, 0.15) is 21.5 Å². The molecular formula is C18H19NO4. The van der Waals surface area contributed by atoms with Crippen molar-refractivity contribution in [1.82, 2.24) is 5.32 Å². The number of benzene rings is 2. The Morgan fingerprint density at radius 3 is 2.39 bits per heavy atom. The fourth-order valence-corrected chi connectivity index (χ4v) is 1.90. The molecule has 2 aromatic rings. The largest absolute Gasteiger partial charge is 0.459 e. The first-order valence-corrected chi connectivity index (χ1v) is 7.30. The zero-order valence-corrected chi connectivity index (χ0v) is 12.9. The SMILES string of the molecule is Cc1ccc(C(=O)NCC(O)C(=O)OCc2ccccc2)cc1. The molecule has 2 N–H and O–H groups in total. The number of rotatable bonds is 6. The highest BCUT2D eigenvalue weighted by molar-refractivity contribution is 5.94. The molecule has 23 heavy (non-hydrogen) atoms. The van der Waals surface area contributed by atoms with Crippen molar-refractivity contribution in [2.75, 3.05) is 6.54 Å². The molecule has 0 bridgehead atoms. The van der Waals surface area contributed by atoms with E-state index in [9.17, 15) is 14.7 Å². The Hall–Kier alpha value is -2.66. The van der Waals surface area contributed by atoms with Crippen molar-refractivity contribution in [3.05, 3.63) is 71.3 Å². The van der Waals surface area contributed by atoms with E-state index < -0.39 is 12.1 Å². The van der Waals surface area contributed by atoms with Crippen molar-refractivity contribution in [3.8, 4) is 0 Å². The number of nitrogens with one attached hydrogen (secondary N) is 1. The average Bonchev–Trinajstić information content (AvgIpc) is 2.58. The molecule has 0 saturated heterocycles. The van der Waals surface area contributed by atoms with E-state index in [0.717, 1.165) is 11.1 Å². The summed E-state index contributed by atoms with van der Waals surface area (Å²) in [5.41, 5.74) is 2.35. The molecular weight excluding hydrogens is 294 g/mol. The van der Waals surface area contributed by atoms with Crippen LogP contribution in [0.5, 0.6) is 0 Å². The van der Waals surface area contributed by atoms with E-state index in [1.165, 1.54) is 0 Å². The summed E-state index contributed by atoms with van der Waals surface area (Å²) in [6.07, 6.45) is -1.40. The van der Waals surface area contributed by atoms with Gasteiger partial charge in [-0.1, -0.05) is 48.0 Å². The van der Waals surface area contributed by atoms with Crippen molar-refractivity contribution >= 4 is 11.9 Å². The van der Waals surface area contributed by atoms with Crippen LogP contribution in [0.2, 0.25) is 0 Å². The summed E-state index contributed by atoms with van der Waals surface area (Å²) >= 11 is 0. The number of aliphatic hydroxyl groups excluding tert-OH is 1. The van der Waals surface area contributed by atoms with Crippen molar-refractivity contribution in [2.24, 2.45) is 0 Å². The lowest BCUT2D eigenvalue weighted by atomic mass is 10.1. The zero-order chi connectivity index (χ0) is 16.7. The van der Waals surface area contributed by atoms with Gasteiger partial charge in [0.25, 0.3) is 5.91 Å². The van der Waals surface area contributed by atoms with Gasteiger partial charge in [0, 0.05) is 5.56 Å². The van der Waals surface area contributed by atoms with Gasteiger partial charge in [-0.05, 0) is 24.6 Å². The number of esters is 1. The third-order valence-electron chi connectivity index (χ3n) is 3.27. The maximum Gasteiger partial charge on any atom is 0.337 e. The second kappa shape index (κ2) is 8.10. The van der Waals surface area contributed by atoms with E-state index in [1.54, 1.807) is 12.1 Å². The van der Waals surface area contributed by atoms with Gasteiger partial charge in [0.15, 0.2) is 6.10 Å². The molecule has 0 aliphatic rings. The van der Waals surface area contributed by atoms with Gasteiger partial charge in [-0.25, -0.2) is 4.79 Å². The average molecular weight is 313 g/mol. The standard InChI is InChI=1S/C18H19NO4/c1-13-7-9-15(10-8-13)17(21)19-11-16(20)18(22)23-12-14-5-3-2-4-6-14/h2-10,16,20H,11-12H2,1H3,(H,19,21). The summed E-state index contributed by atoms with van der Waals surface area (Å²) in [5, 5.41) is 12.3. The van der Waals surface area contributed by atoms with E-state index in [4.69, 9.17) is 4.74 Å². The normalized spacial score (nSPS) is 11.6. The quantitative estimate of drug-likeness (QED) is 0.798. The van der Waals surface area contributed by atoms with E-state index in [2.05, 4.69) is 5.32 Å². The zero-order valence-electron chi connectivity index (χ0n) is 12.9. The minimum atomic E-state index is -1.40. The summed E-state index contributed by atoms with van der Waals surface area (Å²) in [6, 6.07) is 16.2. The first-order chi connectivity index (χ1) is 11.1. The van der Waals surface area contributed by atoms with Crippen LogP contribution >= 0.6 is 0 Å². The van der Waals surface area contributed by atoms with Crippen molar-refractivity contribution in [1.29, 1.82) is 0 Å². The molecule has 1 atom stereocenters. The first-order valence-electron chi connectivity index (χ1n) is 7.30. The molecule has 0 spiro atoms. The van der Waals surface area contributed by atoms with Gasteiger partial charge in [0.05, 0.1) is 6.54 Å². The minimum Gasteiger partial charge on any atom is -0.459 e. The molecule has 5 heteroatoms. The number of hydrogen-bond donors (Lipinski definition) is 2. The number of hydrogen-bond acceptors (Lipinski definition) is 4. The number of amides is 1. The topological polar surface area (TPSA) is 75.6 Å². The number of ether oxygens (including phenoxy) is 1. The fourth-order valence-electron chi connectivity index (χ4n) is 1.90. The highest BCUT2D eigenvalue weighted by Crippen LogP contribution is 2.04. The molecule has 0 aliphatic heterocycles. The highest BCUT2D eigenvalue weighted by atomic mass is 16.5. The summed E-state index contributed by atoms with van der Waals surface area (Å²) in [5.74, 6) is -1.11. The van der Waals surface area contributed by atoms with Crippen LogP contribution < -0.4 is 5.32 Å².